The number of nitrogens with one attached hydrogen (secondary N) is 2. The number of nitrogens with zero attached hydrogens (tertiary/aromatic N) is 4. The van der Waals surface area contributed by atoms with Crippen molar-refractivity contribution in [3.8, 4) is 0 Å². The molecule has 0 bridgehead atoms. The summed E-state index contributed by atoms with van der Waals surface area (Å²) in [5.41, 5.74) is 0. The minimum absolute atomic E-state index is 0.199. The first kappa shape index (κ1) is 15.2. The van der Waals surface area contributed by atoms with E-state index in [-0.39, 0.29) is 6.04 Å². The number of anilines is 2. The van der Waals surface area contributed by atoms with Gasteiger partial charge in [-0.3, -0.25) is 4.68 Å². The highest BCUT2D eigenvalue weighted by molar-refractivity contribution is 5.47. The quantitative estimate of drug-likeness (QED) is 0.771. The van der Waals surface area contributed by atoms with Crippen molar-refractivity contribution in [3.63, 3.8) is 0 Å². The standard InChI is InChI=1S/C14H22N6O/c1-4-15-12-8-13(19-14(18-12)10-21-3)17-11(2)9-20-7-5-6-16-20/h5-8,11H,4,9-10H2,1-3H3,(H2,15,17,18,19). The lowest BCUT2D eigenvalue weighted by Crippen LogP contribution is -2.23. The molecule has 0 aliphatic rings. The minimum atomic E-state index is 0.199. The summed E-state index contributed by atoms with van der Waals surface area (Å²) in [6, 6.07) is 4.02. The van der Waals surface area contributed by atoms with Gasteiger partial charge in [0.25, 0.3) is 0 Å². The van der Waals surface area contributed by atoms with Gasteiger partial charge in [-0.15, -0.1) is 0 Å². The van der Waals surface area contributed by atoms with Gasteiger partial charge in [0.15, 0.2) is 5.82 Å². The lowest BCUT2D eigenvalue weighted by Gasteiger charge is -2.16. The summed E-state index contributed by atoms with van der Waals surface area (Å²) >= 11 is 0. The number of ether oxygens (including phenoxy) is 1. The smallest absolute Gasteiger partial charge is 0.158 e. The Morgan fingerprint density at radius 1 is 1.33 bits per heavy atom. The SMILES string of the molecule is CCNc1cc(NC(C)Cn2cccn2)nc(COC)n1. The molecule has 0 saturated heterocycles. The molecule has 0 aliphatic heterocycles. The second-order valence-corrected chi connectivity index (χ2v) is 4.79. The van der Waals surface area contributed by atoms with E-state index in [0.29, 0.717) is 12.4 Å². The molecule has 2 N–H and O–H groups in total. The number of methoxy groups -OCH3 is 1. The van der Waals surface area contributed by atoms with Crippen molar-refractivity contribution < 1.29 is 4.74 Å². The lowest BCUT2D eigenvalue weighted by atomic mass is 10.3. The minimum Gasteiger partial charge on any atom is -0.377 e. The van der Waals surface area contributed by atoms with Crippen LogP contribution in [0.15, 0.2) is 24.5 Å². The van der Waals surface area contributed by atoms with Crippen molar-refractivity contribution in [1.82, 2.24) is 19.7 Å². The normalized spacial score (nSPS) is 12.1. The van der Waals surface area contributed by atoms with Crippen molar-refractivity contribution in [1.29, 1.82) is 0 Å². The average molecular weight is 290 g/mol. The first-order valence-electron chi connectivity index (χ1n) is 7.06. The van der Waals surface area contributed by atoms with E-state index < -0.39 is 0 Å². The van der Waals surface area contributed by atoms with Crippen LogP contribution in [0, 0.1) is 0 Å². The van der Waals surface area contributed by atoms with Crippen molar-refractivity contribution in [3.05, 3.63) is 30.4 Å². The highest BCUT2D eigenvalue weighted by Gasteiger charge is 2.08. The third kappa shape index (κ3) is 4.71. The fraction of sp³-hybridized carbons (Fsp3) is 0.500. The van der Waals surface area contributed by atoms with Crippen LogP contribution in [0.5, 0.6) is 0 Å². The van der Waals surface area contributed by atoms with Crippen molar-refractivity contribution in [2.24, 2.45) is 0 Å². The molecule has 1 unspecified atom stereocenters. The molecule has 0 amide bonds. The van der Waals surface area contributed by atoms with Crippen molar-refractivity contribution in [2.75, 3.05) is 24.3 Å². The summed E-state index contributed by atoms with van der Waals surface area (Å²) in [5.74, 6) is 2.24. The van der Waals surface area contributed by atoms with Gasteiger partial charge in [0.1, 0.15) is 18.2 Å². The van der Waals surface area contributed by atoms with Gasteiger partial charge in [-0.1, -0.05) is 0 Å². The average Bonchev–Trinajstić information content (AvgIpc) is 2.91. The molecule has 0 radical (unpaired) electrons. The first-order valence-corrected chi connectivity index (χ1v) is 7.06. The molecular weight excluding hydrogens is 268 g/mol. The second-order valence-electron chi connectivity index (χ2n) is 4.79. The zero-order valence-electron chi connectivity index (χ0n) is 12.7. The Labute approximate surface area is 124 Å². The number of hydrogen-bond donors (Lipinski definition) is 2. The Bertz CT molecular complexity index is 518. The summed E-state index contributed by atoms with van der Waals surface area (Å²) < 4.78 is 7.00. The molecule has 0 fully saturated rings. The van der Waals surface area contributed by atoms with Crippen LogP contribution in [0.4, 0.5) is 11.6 Å². The Kier molecular flexibility index (Phi) is 5.51. The summed E-state index contributed by atoms with van der Waals surface area (Å²) in [7, 11) is 1.64. The highest BCUT2D eigenvalue weighted by atomic mass is 16.5. The van der Waals surface area contributed by atoms with E-state index in [9.17, 15) is 0 Å². The molecule has 0 spiro atoms. The van der Waals surface area contributed by atoms with Gasteiger partial charge < -0.3 is 15.4 Å². The molecule has 114 valence electrons. The van der Waals surface area contributed by atoms with Crippen LogP contribution >= 0.6 is 0 Å². The number of hydrogen-bond acceptors (Lipinski definition) is 6. The van der Waals surface area contributed by atoms with E-state index in [1.807, 2.05) is 29.9 Å². The predicted octanol–water partition coefficient (Wildman–Crippen LogP) is 1.75. The van der Waals surface area contributed by atoms with Crippen molar-refractivity contribution >= 4 is 11.6 Å². The van der Waals surface area contributed by atoms with E-state index in [2.05, 4.69) is 32.6 Å². The summed E-state index contributed by atoms with van der Waals surface area (Å²) in [4.78, 5) is 8.85. The van der Waals surface area contributed by atoms with Gasteiger partial charge in [0.2, 0.25) is 0 Å². The monoisotopic (exact) mass is 290 g/mol. The van der Waals surface area contributed by atoms with Gasteiger partial charge in [-0.05, 0) is 19.9 Å². The Hall–Kier alpha value is -2.15. The van der Waals surface area contributed by atoms with Gasteiger partial charge in [-0.25, -0.2) is 9.97 Å². The molecule has 2 rings (SSSR count). The Morgan fingerprint density at radius 2 is 2.14 bits per heavy atom. The summed E-state index contributed by atoms with van der Waals surface area (Å²) in [5, 5.41) is 10.8. The van der Waals surface area contributed by atoms with Crippen LogP contribution in [0.2, 0.25) is 0 Å². The topological polar surface area (TPSA) is 76.9 Å². The molecule has 7 nitrogen and oxygen atoms in total. The van der Waals surface area contributed by atoms with Crippen LogP contribution in [0.3, 0.4) is 0 Å². The van der Waals surface area contributed by atoms with Crippen molar-refractivity contribution in [2.45, 2.75) is 33.0 Å². The summed E-state index contributed by atoms with van der Waals surface area (Å²) in [6.45, 7) is 6.10. The van der Waals surface area contributed by atoms with Crippen LogP contribution in [-0.4, -0.2) is 39.4 Å². The van der Waals surface area contributed by atoms with Gasteiger partial charge in [-0.2, -0.15) is 5.10 Å². The third-order valence-corrected chi connectivity index (χ3v) is 2.82. The van der Waals surface area contributed by atoms with Crippen LogP contribution in [0.1, 0.15) is 19.7 Å². The van der Waals surface area contributed by atoms with Gasteiger partial charge in [0, 0.05) is 38.2 Å². The van der Waals surface area contributed by atoms with Crippen LogP contribution in [-0.2, 0) is 17.9 Å². The molecule has 2 aromatic heterocycles. The maximum atomic E-state index is 5.11. The zero-order chi connectivity index (χ0) is 15.1. The molecule has 0 aliphatic carbocycles. The Morgan fingerprint density at radius 3 is 2.81 bits per heavy atom. The van der Waals surface area contributed by atoms with E-state index in [0.717, 1.165) is 24.7 Å². The largest absolute Gasteiger partial charge is 0.377 e. The fourth-order valence-corrected chi connectivity index (χ4v) is 2.02. The van der Waals surface area contributed by atoms with Gasteiger partial charge in [0.05, 0.1) is 6.54 Å². The zero-order valence-corrected chi connectivity index (χ0v) is 12.7. The molecule has 2 heterocycles. The molecule has 0 saturated carbocycles. The third-order valence-electron chi connectivity index (χ3n) is 2.82. The highest BCUT2D eigenvalue weighted by Crippen LogP contribution is 2.13. The van der Waals surface area contributed by atoms with E-state index in [1.54, 1.807) is 13.3 Å². The predicted molar refractivity (Wildman–Crippen MR) is 82.2 cm³/mol. The van der Waals surface area contributed by atoms with E-state index in [4.69, 9.17) is 4.74 Å². The summed E-state index contributed by atoms with van der Waals surface area (Å²) in [6.07, 6.45) is 3.72. The van der Waals surface area contributed by atoms with Crippen LogP contribution < -0.4 is 10.6 Å². The lowest BCUT2D eigenvalue weighted by molar-refractivity contribution is 0.178. The second kappa shape index (κ2) is 7.58. The molecule has 1 atom stereocenters. The Balaban J connectivity index is 2.06. The molecule has 21 heavy (non-hydrogen) atoms. The molecule has 0 aromatic carbocycles. The number of rotatable bonds is 8. The molecular formula is C14H22N6O. The molecule has 7 heteroatoms. The first-order chi connectivity index (χ1) is 10.2. The molecule has 2 aromatic rings. The fourth-order valence-electron chi connectivity index (χ4n) is 2.02. The van der Waals surface area contributed by atoms with Crippen LogP contribution in [0.25, 0.3) is 0 Å². The van der Waals surface area contributed by atoms with E-state index >= 15 is 0 Å². The maximum Gasteiger partial charge on any atom is 0.158 e. The van der Waals surface area contributed by atoms with Gasteiger partial charge >= 0.3 is 0 Å². The maximum absolute atomic E-state index is 5.11. The van der Waals surface area contributed by atoms with E-state index in [1.165, 1.54) is 0 Å². The number of aromatic nitrogens is 4.